The lowest BCUT2D eigenvalue weighted by Gasteiger charge is -2.14. The lowest BCUT2D eigenvalue weighted by molar-refractivity contribution is -0.143. The van der Waals surface area contributed by atoms with Crippen LogP contribution in [0.15, 0.2) is 48.8 Å². The second-order valence-electron chi connectivity index (χ2n) is 5.70. The van der Waals surface area contributed by atoms with Crippen LogP contribution in [0.2, 0.25) is 0 Å². The van der Waals surface area contributed by atoms with Gasteiger partial charge in [-0.1, -0.05) is 12.1 Å². The molecule has 3 rings (SSSR count). The number of likely N-dealkylation sites (tertiary alicyclic amines) is 1. The lowest BCUT2D eigenvalue weighted by atomic mass is 10.1. The van der Waals surface area contributed by atoms with E-state index in [1.165, 1.54) is 12.8 Å². The average Bonchev–Trinajstić information content (AvgIpc) is 3.21. The molecule has 2 heterocycles. The van der Waals surface area contributed by atoms with Gasteiger partial charge in [0.25, 0.3) is 0 Å². The van der Waals surface area contributed by atoms with Crippen molar-refractivity contribution < 1.29 is 9.53 Å². The molecule has 0 saturated carbocycles. The summed E-state index contributed by atoms with van der Waals surface area (Å²) in [6.07, 6.45) is 6.87. The summed E-state index contributed by atoms with van der Waals surface area (Å²) in [5, 5.41) is 0. The monoisotopic (exact) mass is 298 g/mol. The summed E-state index contributed by atoms with van der Waals surface area (Å²) in [7, 11) is 0. The highest BCUT2D eigenvalue weighted by molar-refractivity contribution is 5.72. The molecule has 22 heavy (non-hydrogen) atoms. The maximum Gasteiger partial charge on any atom is 0.310 e. The number of hydrogen-bond acceptors (Lipinski definition) is 3. The largest absolute Gasteiger partial charge is 0.464 e. The molecule has 1 fully saturated rings. The normalized spacial score (nSPS) is 15.1. The zero-order valence-corrected chi connectivity index (χ0v) is 12.8. The highest BCUT2D eigenvalue weighted by atomic mass is 16.5. The topological polar surface area (TPSA) is 34.5 Å². The van der Waals surface area contributed by atoms with Gasteiger partial charge in [0.05, 0.1) is 6.42 Å². The van der Waals surface area contributed by atoms with Gasteiger partial charge in [0.15, 0.2) is 0 Å². The third-order valence-electron chi connectivity index (χ3n) is 4.06. The van der Waals surface area contributed by atoms with Crippen LogP contribution in [-0.4, -0.2) is 41.7 Å². The molecule has 1 saturated heterocycles. The van der Waals surface area contributed by atoms with Crippen LogP contribution in [-0.2, 0) is 16.0 Å². The van der Waals surface area contributed by atoms with Gasteiger partial charge in [0.1, 0.15) is 6.61 Å². The molecule has 1 aromatic heterocycles. The molecule has 2 aromatic rings. The summed E-state index contributed by atoms with van der Waals surface area (Å²) < 4.78 is 7.36. The van der Waals surface area contributed by atoms with Crippen molar-refractivity contribution in [2.45, 2.75) is 19.3 Å². The van der Waals surface area contributed by atoms with Crippen molar-refractivity contribution in [2.75, 3.05) is 26.2 Å². The van der Waals surface area contributed by atoms with Gasteiger partial charge >= 0.3 is 5.97 Å². The Bertz CT molecular complexity index is 584. The van der Waals surface area contributed by atoms with E-state index in [0.717, 1.165) is 30.9 Å². The number of nitrogens with zero attached hydrogens (tertiary/aromatic N) is 2. The minimum Gasteiger partial charge on any atom is -0.464 e. The fourth-order valence-corrected chi connectivity index (χ4v) is 2.81. The molecule has 1 aliphatic heterocycles. The molecule has 0 radical (unpaired) electrons. The highest BCUT2D eigenvalue weighted by Crippen LogP contribution is 2.11. The number of carbonyl (C=O) groups excluding carboxylic acids is 1. The third-order valence-corrected chi connectivity index (χ3v) is 4.06. The van der Waals surface area contributed by atoms with Gasteiger partial charge in [-0.3, -0.25) is 9.69 Å². The molecule has 0 spiro atoms. The van der Waals surface area contributed by atoms with Crippen molar-refractivity contribution >= 4 is 5.97 Å². The first kappa shape index (κ1) is 14.9. The summed E-state index contributed by atoms with van der Waals surface area (Å²) in [6, 6.07) is 12.0. The molecule has 4 nitrogen and oxygen atoms in total. The molecule has 0 amide bonds. The summed E-state index contributed by atoms with van der Waals surface area (Å²) in [4.78, 5) is 14.2. The second-order valence-corrected chi connectivity index (χ2v) is 5.70. The third kappa shape index (κ3) is 3.98. The van der Waals surface area contributed by atoms with Crippen LogP contribution < -0.4 is 0 Å². The molecule has 1 aromatic carbocycles. The standard InChI is InChI=1S/C18H22N2O2/c21-18(22-14-13-19-9-1-2-10-19)15-16-5-7-17(8-6-16)20-11-3-4-12-20/h3-8,11-12H,1-2,9-10,13-15H2. The Kier molecular flexibility index (Phi) is 4.91. The van der Waals surface area contributed by atoms with Gasteiger partial charge in [0.2, 0.25) is 0 Å². The zero-order chi connectivity index (χ0) is 15.2. The summed E-state index contributed by atoms with van der Waals surface area (Å²) in [5.74, 6) is -0.145. The van der Waals surface area contributed by atoms with Crippen molar-refractivity contribution in [1.29, 1.82) is 0 Å². The predicted octanol–water partition coefficient (Wildman–Crippen LogP) is 2.66. The molecular formula is C18H22N2O2. The Morgan fingerprint density at radius 1 is 1.05 bits per heavy atom. The number of ether oxygens (including phenoxy) is 1. The molecule has 0 unspecified atom stereocenters. The number of benzene rings is 1. The average molecular weight is 298 g/mol. The van der Waals surface area contributed by atoms with Crippen LogP contribution in [0.25, 0.3) is 5.69 Å². The number of aromatic nitrogens is 1. The van der Waals surface area contributed by atoms with Gasteiger partial charge in [-0.2, -0.15) is 0 Å². The summed E-state index contributed by atoms with van der Waals surface area (Å²) in [5.41, 5.74) is 2.08. The van der Waals surface area contributed by atoms with Crippen molar-refractivity contribution in [3.63, 3.8) is 0 Å². The molecule has 0 bridgehead atoms. The number of carbonyl (C=O) groups is 1. The molecular weight excluding hydrogens is 276 g/mol. The second kappa shape index (κ2) is 7.27. The lowest BCUT2D eigenvalue weighted by Crippen LogP contribution is -2.25. The van der Waals surface area contributed by atoms with Crippen molar-refractivity contribution in [1.82, 2.24) is 9.47 Å². The Labute approximate surface area is 131 Å². The maximum absolute atomic E-state index is 11.9. The van der Waals surface area contributed by atoms with E-state index in [1.54, 1.807) is 0 Å². The van der Waals surface area contributed by atoms with E-state index in [4.69, 9.17) is 4.74 Å². The first-order valence-corrected chi connectivity index (χ1v) is 7.91. The predicted molar refractivity (Wildman–Crippen MR) is 86.1 cm³/mol. The summed E-state index contributed by atoms with van der Waals surface area (Å²) >= 11 is 0. The van der Waals surface area contributed by atoms with E-state index < -0.39 is 0 Å². The van der Waals surface area contributed by atoms with Crippen LogP contribution in [0, 0.1) is 0 Å². The van der Waals surface area contributed by atoms with E-state index in [1.807, 2.05) is 53.4 Å². The Morgan fingerprint density at radius 2 is 1.73 bits per heavy atom. The highest BCUT2D eigenvalue weighted by Gasteiger charge is 2.12. The van der Waals surface area contributed by atoms with E-state index in [9.17, 15) is 4.79 Å². The van der Waals surface area contributed by atoms with E-state index in [2.05, 4.69) is 4.90 Å². The molecule has 0 aliphatic carbocycles. The van der Waals surface area contributed by atoms with Crippen LogP contribution >= 0.6 is 0 Å². The Hall–Kier alpha value is -2.07. The number of esters is 1. The number of rotatable bonds is 6. The van der Waals surface area contributed by atoms with E-state index in [-0.39, 0.29) is 5.97 Å². The molecule has 4 heteroatoms. The maximum atomic E-state index is 11.9. The minimum absolute atomic E-state index is 0.145. The molecule has 0 N–H and O–H groups in total. The van der Waals surface area contributed by atoms with E-state index >= 15 is 0 Å². The number of hydrogen-bond donors (Lipinski definition) is 0. The van der Waals surface area contributed by atoms with Crippen LogP contribution in [0.5, 0.6) is 0 Å². The summed E-state index contributed by atoms with van der Waals surface area (Å²) in [6.45, 7) is 3.63. The quantitative estimate of drug-likeness (QED) is 0.769. The van der Waals surface area contributed by atoms with Gasteiger partial charge in [0, 0.05) is 24.6 Å². The zero-order valence-electron chi connectivity index (χ0n) is 12.8. The van der Waals surface area contributed by atoms with Crippen molar-refractivity contribution in [3.8, 4) is 5.69 Å². The fraction of sp³-hybridized carbons (Fsp3) is 0.389. The van der Waals surface area contributed by atoms with Crippen LogP contribution in [0.1, 0.15) is 18.4 Å². The van der Waals surface area contributed by atoms with Crippen LogP contribution in [0.3, 0.4) is 0 Å². The van der Waals surface area contributed by atoms with Crippen LogP contribution in [0.4, 0.5) is 0 Å². The first-order valence-electron chi connectivity index (χ1n) is 7.91. The van der Waals surface area contributed by atoms with E-state index in [0.29, 0.717) is 13.0 Å². The Balaban J connectivity index is 1.44. The minimum atomic E-state index is -0.145. The van der Waals surface area contributed by atoms with Gasteiger partial charge < -0.3 is 9.30 Å². The van der Waals surface area contributed by atoms with Gasteiger partial charge in [-0.05, 0) is 55.8 Å². The smallest absolute Gasteiger partial charge is 0.310 e. The molecule has 1 aliphatic rings. The SMILES string of the molecule is O=C(Cc1ccc(-n2cccc2)cc1)OCCN1CCCC1. The van der Waals surface area contributed by atoms with Gasteiger partial charge in [-0.15, -0.1) is 0 Å². The van der Waals surface area contributed by atoms with Gasteiger partial charge in [-0.25, -0.2) is 0 Å². The fourth-order valence-electron chi connectivity index (χ4n) is 2.81. The molecule has 116 valence electrons. The van der Waals surface area contributed by atoms with Crippen molar-refractivity contribution in [2.24, 2.45) is 0 Å². The first-order chi connectivity index (χ1) is 10.8. The van der Waals surface area contributed by atoms with Crippen molar-refractivity contribution in [3.05, 3.63) is 54.4 Å². The molecule has 0 atom stereocenters. The Morgan fingerprint density at radius 3 is 2.41 bits per heavy atom.